The summed E-state index contributed by atoms with van der Waals surface area (Å²) in [5, 5.41) is 0. The van der Waals surface area contributed by atoms with E-state index in [4.69, 9.17) is 16.0 Å². The Balaban J connectivity index is 2.22. The number of nitrogens with two attached hydrogens (primary N) is 2. The third-order valence-corrected chi connectivity index (χ3v) is 2.77. The van der Waals surface area contributed by atoms with Gasteiger partial charge in [0.2, 0.25) is 0 Å². The van der Waals surface area contributed by atoms with Crippen molar-refractivity contribution in [2.45, 2.75) is 19.4 Å². The molecule has 2 rings (SSSR count). The van der Waals surface area contributed by atoms with Crippen molar-refractivity contribution in [2.75, 3.05) is 5.73 Å². The molecule has 0 spiro atoms. The van der Waals surface area contributed by atoms with E-state index < -0.39 is 0 Å². The van der Waals surface area contributed by atoms with Crippen molar-refractivity contribution < 1.29 is 4.42 Å². The summed E-state index contributed by atoms with van der Waals surface area (Å²) >= 11 is 0. The average Bonchev–Trinajstić information content (AvgIpc) is 2.75. The van der Waals surface area contributed by atoms with Crippen molar-refractivity contribution in [1.82, 2.24) is 10.4 Å². The van der Waals surface area contributed by atoms with Crippen molar-refractivity contribution in [2.24, 2.45) is 5.84 Å². The summed E-state index contributed by atoms with van der Waals surface area (Å²) in [5.74, 6) is 6.91. The zero-order valence-corrected chi connectivity index (χ0v) is 9.68. The van der Waals surface area contributed by atoms with Gasteiger partial charge in [-0.05, 0) is 36.6 Å². The molecule has 2 heterocycles. The lowest BCUT2D eigenvalue weighted by atomic mass is 10.0. The molecule has 2 aromatic heterocycles. The lowest BCUT2D eigenvalue weighted by Crippen LogP contribution is -2.30. The molecule has 0 amide bonds. The van der Waals surface area contributed by atoms with Gasteiger partial charge in [-0.1, -0.05) is 6.07 Å². The van der Waals surface area contributed by atoms with Crippen molar-refractivity contribution in [1.29, 1.82) is 0 Å². The van der Waals surface area contributed by atoms with Crippen LogP contribution in [0.5, 0.6) is 0 Å². The maximum atomic E-state index is 5.80. The Kier molecular flexibility index (Phi) is 3.41. The Bertz CT molecular complexity index is 495. The van der Waals surface area contributed by atoms with Crippen molar-refractivity contribution in [3.63, 3.8) is 0 Å². The highest BCUT2D eigenvalue weighted by molar-refractivity contribution is 5.39. The Labute approximate surface area is 99.8 Å². The molecule has 0 bridgehead atoms. The van der Waals surface area contributed by atoms with Gasteiger partial charge < -0.3 is 10.2 Å². The summed E-state index contributed by atoms with van der Waals surface area (Å²) in [6, 6.07) is 5.60. The molecule has 0 aliphatic heterocycles. The molecule has 0 aromatic carbocycles. The van der Waals surface area contributed by atoms with Gasteiger partial charge in [0.05, 0.1) is 12.3 Å². The fourth-order valence-electron chi connectivity index (χ4n) is 1.81. The van der Waals surface area contributed by atoms with Gasteiger partial charge in [-0.2, -0.15) is 0 Å². The second kappa shape index (κ2) is 4.99. The molecular formula is C12H16N4O. The summed E-state index contributed by atoms with van der Waals surface area (Å²) in [7, 11) is 0. The first-order valence-corrected chi connectivity index (χ1v) is 5.42. The van der Waals surface area contributed by atoms with Gasteiger partial charge in [0.1, 0.15) is 11.6 Å². The van der Waals surface area contributed by atoms with Crippen LogP contribution in [0.2, 0.25) is 0 Å². The number of hydrogen-bond acceptors (Lipinski definition) is 5. The number of rotatable bonds is 4. The highest BCUT2D eigenvalue weighted by Crippen LogP contribution is 2.23. The number of nitrogens with one attached hydrogen (secondary N) is 1. The maximum Gasteiger partial charge on any atom is 0.126 e. The van der Waals surface area contributed by atoms with Gasteiger partial charge in [-0.3, -0.25) is 5.84 Å². The molecule has 0 radical (unpaired) electrons. The van der Waals surface area contributed by atoms with Gasteiger partial charge in [0, 0.05) is 6.20 Å². The highest BCUT2D eigenvalue weighted by atomic mass is 16.3. The van der Waals surface area contributed by atoms with Crippen LogP contribution in [-0.4, -0.2) is 4.98 Å². The van der Waals surface area contributed by atoms with Crippen LogP contribution in [-0.2, 0) is 6.42 Å². The van der Waals surface area contributed by atoms with Gasteiger partial charge in [0.15, 0.2) is 0 Å². The number of hydrazine groups is 1. The third kappa shape index (κ3) is 2.46. The van der Waals surface area contributed by atoms with Crippen LogP contribution in [0.4, 0.5) is 5.82 Å². The van der Waals surface area contributed by atoms with Crippen LogP contribution in [0.1, 0.15) is 22.9 Å². The summed E-state index contributed by atoms with van der Waals surface area (Å²) in [6.45, 7) is 1.98. The van der Waals surface area contributed by atoms with Crippen LogP contribution in [0.3, 0.4) is 0 Å². The number of anilines is 1. The first-order chi connectivity index (χ1) is 8.22. The van der Waals surface area contributed by atoms with Crippen molar-refractivity contribution in [3.8, 4) is 0 Å². The molecule has 90 valence electrons. The number of aromatic nitrogens is 1. The molecule has 0 saturated heterocycles. The Morgan fingerprint density at radius 1 is 1.47 bits per heavy atom. The Hall–Kier alpha value is -1.85. The first-order valence-electron chi connectivity index (χ1n) is 5.42. The third-order valence-electron chi connectivity index (χ3n) is 2.77. The van der Waals surface area contributed by atoms with E-state index in [-0.39, 0.29) is 6.04 Å². The Morgan fingerprint density at radius 2 is 2.29 bits per heavy atom. The monoisotopic (exact) mass is 232 g/mol. The molecule has 5 N–H and O–H groups in total. The summed E-state index contributed by atoms with van der Waals surface area (Å²) in [4.78, 5) is 4.05. The van der Waals surface area contributed by atoms with Crippen LogP contribution >= 0.6 is 0 Å². The van der Waals surface area contributed by atoms with Crippen LogP contribution in [0.25, 0.3) is 0 Å². The molecule has 1 atom stereocenters. The number of furan rings is 1. The normalized spacial score (nSPS) is 12.6. The lowest BCUT2D eigenvalue weighted by Gasteiger charge is -2.15. The minimum absolute atomic E-state index is 0.100. The van der Waals surface area contributed by atoms with E-state index >= 15 is 0 Å². The van der Waals surface area contributed by atoms with Crippen LogP contribution in [0.15, 0.2) is 35.1 Å². The topological polar surface area (TPSA) is 90.1 Å². The SMILES string of the molecule is Cc1ccoc1C(Cc1cccnc1N)NN. The minimum Gasteiger partial charge on any atom is -0.467 e. The average molecular weight is 232 g/mol. The molecule has 0 fully saturated rings. The molecule has 17 heavy (non-hydrogen) atoms. The standard InChI is InChI=1S/C12H16N4O/c1-8-4-6-17-11(8)10(16-14)7-9-3-2-5-15-12(9)13/h2-6,10,16H,7,14H2,1H3,(H2,13,15). The predicted molar refractivity (Wildman–Crippen MR) is 65.9 cm³/mol. The number of aryl methyl sites for hydroxylation is 1. The Morgan fingerprint density at radius 3 is 2.88 bits per heavy atom. The maximum absolute atomic E-state index is 5.80. The fraction of sp³-hybridized carbons (Fsp3) is 0.250. The summed E-state index contributed by atoms with van der Waals surface area (Å²) in [5.41, 5.74) is 10.6. The van der Waals surface area contributed by atoms with Gasteiger partial charge in [-0.15, -0.1) is 0 Å². The zero-order chi connectivity index (χ0) is 12.3. The summed E-state index contributed by atoms with van der Waals surface area (Å²) in [6.07, 6.45) is 3.97. The second-order valence-electron chi connectivity index (χ2n) is 3.94. The van der Waals surface area contributed by atoms with Crippen LogP contribution < -0.4 is 17.0 Å². The van der Waals surface area contributed by atoms with Gasteiger partial charge in [0.25, 0.3) is 0 Å². The highest BCUT2D eigenvalue weighted by Gasteiger charge is 2.17. The smallest absolute Gasteiger partial charge is 0.126 e. The fourth-order valence-corrected chi connectivity index (χ4v) is 1.81. The first kappa shape index (κ1) is 11.6. The molecule has 5 heteroatoms. The van der Waals surface area contributed by atoms with Crippen molar-refractivity contribution >= 4 is 5.82 Å². The van der Waals surface area contributed by atoms with E-state index in [9.17, 15) is 0 Å². The van der Waals surface area contributed by atoms with Crippen molar-refractivity contribution in [3.05, 3.63) is 47.5 Å². The quantitative estimate of drug-likeness (QED) is 0.546. The molecule has 5 nitrogen and oxygen atoms in total. The van der Waals surface area contributed by atoms with E-state index in [0.717, 1.165) is 16.9 Å². The van der Waals surface area contributed by atoms with Crippen LogP contribution in [0, 0.1) is 6.92 Å². The summed E-state index contributed by atoms with van der Waals surface area (Å²) < 4.78 is 5.43. The zero-order valence-electron chi connectivity index (χ0n) is 9.68. The predicted octanol–water partition coefficient (Wildman–Crippen LogP) is 1.31. The molecule has 0 aliphatic rings. The largest absolute Gasteiger partial charge is 0.467 e. The molecular weight excluding hydrogens is 216 g/mol. The number of nitrogens with zero attached hydrogens (tertiary/aromatic N) is 1. The lowest BCUT2D eigenvalue weighted by molar-refractivity contribution is 0.413. The van der Waals surface area contributed by atoms with E-state index in [1.165, 1.54) is 0 Å². The van der Waals surface area contributed by atoms with E-state index in [1.54, 1.807) is 12.5 Å². The number of hydrogen-bond donors (Lipinski definition) is 3. The van der Waals surface area contributed by atoms with Gasteiger partial charge >= 0.3 is 0 Å². The molecule has 0 aliphatic carbocycles. The molecule has 0 saturated carbocycles. The van der Waals surface area contributed by atoms with Gasteiger partial charge in [-0.25, -0.2) is 10.4 Å². The number of nitrogen functional groups attached to an aromatic ring is 1. The van der Waals surface area contributed by atoms with E-state index in [0.29, 0.717) is 12.2 Å². The molecule has 1 unspecified atom stereocenters. The van der Waals surface area contributed by atoms with E-state index in [1.807, 2.05) is 25.1 Å². The minimum atomic E-state index is -0.100. The second-order valence-corrected chi connectivity index (χ2v) is 3.94. The molecule has 2 aromatic rings. The van der Waals surface area contributed by atoms with E-state index in [2.05, 4.69) is 10.4 Å². The number of pyridine rings is 1.